The highest BCUT2D eigenvalue weighted by atomic mass is 35.5. The lowest BCUT2D eigenvalue weighted by Gasteiger charge is -2.32. The third-order valence-electron chi connectivity index (χ3n) is 5.53. The molecule has 1 aliphatic heterocycles. The molecule has 0 aliphatic carbocycles. The molecule has 0 radical (unpaired) electrons. The molecule has 1 heterocycles. The van der Waals surface area contributed by atoms with E-state index in [1.54, 1.807) is 18.2 Å². The van der Waals surface area contributed by atoms with Gasteiger partial charge < -0.3 is 10.1 Å². The summed E-state index contributed by atoms with van der Waals surface area (Å²) in [4.78, 5) is 12.9. The minimum Gasteiger partial charge on any atom is -0.494 e. The number of carbonyl (C=O) groups excluding carboxylic acids is 1. The van der Waals surface area contributed by atoms with Gasteiger partial charge in [-0.25, -0.2) is 12.7 Å². The first-order chi connectivity index (χ1) is 15.2. The van der Waals surface area contributed by atoms with Crippen LogP contribution in [0, 0.1) is 5.92 Å². The van der Waals surface area contributed by atoms with Crippen LogP contribution in [0.2, 0.25) is 10.0 Å². The van der Waals surface area contributed by atoms with Crippen LogP contribution < -0.4 is 10.1 Å². The molecule has 32 heavy (non-hydrogen) atoms. The standard InChI is InChI=1S/C23H28Cl2N2O4S/c1-3-31-20-9-7-18(8-10-20)16(2)26-23(28)19-5-4-12-27(14-19)32(29,30)15-17-6-11-21(24)22(25)13-17/h6-11,13,16,19H,3-5,12,14-15H2,1-2H3,(H,26,28)/t16-,19-/m0/s1. The zero-order valence-corrected chi connectivity index (χ0v) is 20.5. The molecule has 0 aromatic heterocycles. The Morgan fingerprint density at radius 1 is 1.19 bits per heavy atom. The lowest BCUT2D eigenvalue weighted by molar-refractivity contribution is -0.126. The topological polar surface area (TPSA) is 75.7 Å². The molecule has 174 valence electrons. The van der Waals surface area contributed by atoms with E-state index in [0.29, 0.717) is 41.6 Å². The zero-order valence-electron chi connectivity index (χ0n) is 18.2. The third-order valence-corrected chi connectivity index (χ3v) is 8.09. The molecule has 2 aromatic carbocycles. The predicted molar refractivity (Wildman–Crippen MR) is 128 cm³/mol. The Morgan fingerprint density at radius 3 is 2.56 bits per heavy atom. The number of nitrogens with one attached hydrogen (secondary N) is 1. The van der Waals surface area contributed by atoms with Gasteiger partial charge in [0.15, 0.2) is 0 Å². The van der Waals surface area contributed by atoms with Crippen LogP contribution in [0.4, 0.5) is 0 Å². The van der Waals surface area contributed by atoms with Crippen LogP contribution in [0.25, 0.3) is 0 Å². The molecular weight excluding hydrogens is 471 g/mol. The molecule has 6 nitrogen and oxygen atoms in total. The number of hydrogen-bond donors (Lipinski definition) is 1. The van der Waals surface area contributed by atoms with E-state index in [0.717, 1.165) is 11.3 Å². The fraction of sp³-hybridized carbons (Fsp3) is 0.435. The highest BCUT2D eigenvalue weighted by Gasteiger charge is 2.33. The molecule has 2 aromatic rings. The number of amides is 1. The van der Waals surface area contributed by atoms with Crippen LogP contribution in [0.3, 0.4) is 0 Å². The molecule has 9 heteroatoms. The summed E-state index contributed by atoms with van der Waals surface area (Å²) in [5.74, 6) is 0.0732. The summed E-state index contributed by atoms with van der Waals surface area (Å²) in [5, 5.41) is 3.72. The highest BCUT2D eigenvalue weighted by molar-refractivity contribution is 7.88. The first-order valence-electron chi connectivity index (χ1n) is 10.6. The second-order valence-corrected chi connectivity index (χ2v) is 10.7. The van der Waals surface area contributed by atoms with Crippen molar-refractivity contribution in [2.75, 3.05) is 19.7 Å². The Morgan fingerprint density at radius 2 is 1.91 bits per heavy atom. The number of rotatable bonds is 8. The Balaban J connectivity index is 1.61. The fourth-order valence-electron chi connectivity index (χ4n) is 3.77. The average Bonchev–Trinajstić information content (AvgIpc) is 2.77. The Hall–Kier alpha value is -1.80. The summed E-state index contributed by atoms with van der Waals surface area (Å²) in [6.07, 6.45) is 1.29. The largest absolute Gasteiger partial charge is 0.494 e. The molecule has 1 N–H and O–H groups in total. The zero-order chi connectivity index (χ0) is 23.3. The molecule has 0 saturated carbocycles. The van der Waals surface area contributed by atoms with Crippen LogP contribution >= 0.6 is 23.2 Å². The predicted octanol–water partition coefficient (Wildman–Crippen LogP) is 4.81. The van der Waals surface area contributed by atoms with Crippen LogP contribution in [0.5, 0.6) is 5.75 Å². The number of halogens is 2. The van der Waals surface area contributed by atoms with E-state index in [2.05, 4.69) is 5.32 Å². The van der Waals surface area contributed by atoms with Crippen molar-refractivity contribution in [3.05, 3.63) is 63.6 Å². The van der Waals surface area contributed by atoms with Gasteiger partial charge in [0.2, 0.25) is 15.9 Å². The SMILES string of the molecule is CCOc1ccc([C@H](C)NC(=O)[C@H]2CCCN(S(=O)(=O)Cc3ccc(Cl)c(Cl)c3)C2)cc1. The number of ether oxygens (including phenoxy) is 1. The summed E-state index contributed by atoms with van der Waals surface area (Å²) in [7, 11) is -3.59. The van der Waals surface area contributed by atoms with E-state index in [9.17, 15) is 13.2 Å². The molecule has 1 aliphatic rings. The summed E-state index contributed by atoms with van der Waals surface area (Å²) in [5.41, 5.74) is 1.52. The van der Waals surface area contributed by atoms with Crippen molar-refractivity contribution in [3.63, 3.8) is 0 Å². The first kappa shape index (κ1) is 24.8. The third kappa shape index (κ3) is 6.38. The minimum absolute atomic E-state index is 0.138. The van der Waals surface area contributed by atoms with Crippen LogP contribution in [-0.4, -0.2) is 38.3 Å². The number of nitrogens with zero attached hydrogens (tertiary/aromatic N) is 1. The highest BCUT2D eigenvalue weighted by Crippen LogP contribution is 2.26. The normalized spacial score (nSPS) is 18.2. The molecular formula is C23H28Cl2N2O4S. The lowest BCUT2D eigenvalue weighted by Crippen LogP contribution is -2.46. The van der Waals surface area contributed by atoms with E-state index in [1.165, 1.54) is 4.31 Å². The summed E-state index contributed by atoms with van der Waals surface area (Å²) < 4.78 is 32.8. The van der Waals surface area contributed by atoms with Gasteiger partial charge in [-0.3, -0.25) is 4.79 Å². The van der Waals surface area contributed by atoms with E-state index >= 15 is 0 Å². The van der Waals surface area contributed by atoms with Crippen molar-refractivity contribution in [2.24, 2.45) is 5.92 Å². The lowest BCUT2D eigenvalue weighted by atomic mass is 9.98. The number of carbonyl (C=O) groups is 1. The van der Waals surface area contributed by atoms with Crippen LogP contribution in [0.1, 0.15) is 43.9 Å². The minimum atomic E-state index is -3.59. The number of piperidine rings is 1. The average molecular weight is 499 g/mol. The molecule has 2 atom stereocenters. The van der Waals surface area contributed by atoms with Crippen molar-refractivity contribution in [1.29, 1.82) is 0 Å². The smallest absolute Gasteiger partial charge is 0.224 e. The Bertz CT molecular complexity index is 1040. The van der Waals surface area contributed by atoms with Gasteiger partial charge in [0.25, 0.3) is 0 Å². The molecule has 1 fully saturated rings. The van der Waals surface area contributed by atoms with Crippen molar-refractivity contribution in [1.82, 2.24) is 9.62 Å². The number of hydrogen-bond acceptors (Lipinski definition) is 4. The van der Waals surface area contributed by atoms with Crippen LogP contribution in [-0.2, 0) is 20.6 Å². The van der Waals surface area contributed by atoms with Gasteiger partial charge in [0, 0.05) is 13.1 Å². The van der Waals surface area contributed by atoms with E-state index in [-0.39, 0.29) is 24.2 Å². The van der Waals surface area contributed by atoms with Gasteiger partial charge >= 0.3 is 0 Å². The van der Waals surface area contributed by atoms with E-state index in [1.807, 2.05) is 38.1 Å². The maximum Gasteiger partial charge on any atom is 0.224 e. The van der Waals surface area contributed by atoms with Crippen LogP contribution in [0.15, 0.2) is 42.5 Å². The Labute approximate surface area is 199 Å². The second-order valence-electron chi connectivity index (χ2n) is 7.93. The second kappa shape index (κ2) is 10.9. The molecule has 3 rings (SSSR count). The monoisotopic (exact) mass is 498 g/mol. The maximum absolute atomic E-state index is 13.0. The molecule has 0 unspecified atom stereocenters. The van der Waals surface area contributed by atoms with Gasteiger partial charge in [-0.05, 0) is 62.1 Å². The molecule has 1 amide bonds. The summed E-state index contributed by atoms with van der Waals surface area (Å²) >= 11 is 11.9. The molecule has 1 saturated heterocycles. The first-order valence-corrected chi connectivity index (χ1v) is 13.0. The Kier molecular flexibility index (Phi) is 8.44. The van der Waals surface area contributed by atoms with Gasteiger partial charge in [-0.1, -0.05) is 41.4 Å². The van der Waals surface area contributed by atoms with Crippen molar-refractivity contribution in [2.45, 2.75) is 38.5 Å². The quantitative estimate of drug-likeness (QED) is 0.566. The number of sulfonamides is 1. The molecule has 0 bridgehead atoms. The van der Waals surface area contributed by atoms with Gasteiger partial charge in [-0.2, -0.15) is 0 Å². The van der Waals surface area contributed by atoms with E-state index < -0.39 is 15.9 Å². The van der Waals surface area contributed by atoms with Crippen molar-refractivity contribution >= 4 is 39.1 Å². The van der Waals surface area contributed by atoms with Crippen molar-refractivity contribution in [3.8, 4) is 5.75 Å². The van der Waals surface area contributed by atoms with Crippen molar-refractivity contribution < 1.29 is 17.9 Å². The number of benzene rings is 2. The van der Waals surface area contributed by atoms with Gasteiger partial charge in [0.1, 0.15) is 5.75 Å². The maximum atomic E-state index is 13.0. The summed E-state index contributed by atoms with van der Waals surface area (Å²) in [6, 6.07) is 12.2. The summed E-state index contributed by atoms with van der Waals surface area (Å²) in [6.45, 7) is 5.01. The molecule has 0 spiro atoms. The van der Waals surface area contributed by atoms with Gasteiger partial charge in [0.05, 0.1) is 34.4 Å². The van der Waals surface area contributed by atoms with Gasteiger partial charge in [-0.15, -0.1) is 0 Å². The fourth-order valence-corrected chi connectivity index (χ4v) is 5.69. The van der Waals surface area contributed by atoms with E-state index in [4.69, 9.17) is 27.9 Å².